The molecular weight excluding hydrogens is 292 g/mol. The molecule has 2 heterocycles. The first kappa shape index (κ1) is 13.6. The lowest BCUT2D eigenvalue weighted by Crippen LogP contribution is -2.19. The topological polar surface area (TPSA) is 53.4 Å². The van der Waals surface area contributed by atoms with E-state index in [1.165, 1.54) is 16.2 Å². The molecule has 6 heteroatoms. The Morgan fingerprint density at radius 3 is 2.95 bits per heavy atom. The van der Waals surface area contributed by atoms with Crippen LogP contribution < -0.4 is 4.90 Å². The fraction of sp³-hybridized carbons (Fsp3) is 0.429. The Labute approximate surface area is 125 Å². The number of hydrogen-bond acceptors (Lipinski definition) is 5. The highest BCUT2D eigenvalue weighted by atomic mass is 32.1. The van der Waals surface area contributed by atoms with Gasteiger partial charge in [0, 0.05) is 24.4 Å². The number of aromatic carboxylic acids is 1. The molecule has 1 aliphatic rings. The monoisotopic (exact) mass is 308 g/mol. The second kappa shape index (κ2) is 5.54. The van der Waals surface area contributed by atoms with Crippen LogP contribution >= 0.6 is 22.7 Å². The number of aromatic nitrogens is 1. The molecule has 0 aromatic carbocycles. The van der Waals surface area contributed by atoms with Gasteiger partial charge in [0.1, 0.15) is 4.88 Å². The summed E-state index contributed by atoms with van der Waals surface area (Å²) in [5.41, 5.74) is 0.792. The first-order valence-electron chi connectivity index (χ1n) is 6.62. The van der Waals surface area contributed by atoms with E-state index in [-0.39, 0.29) is 0 Å². The number of carboxylic acids is 1. The third-order valence-electron chi connectivity index (χ3n) is 3.40. The van der Waals surface area contributed by atoms with Crippen molar-refractivity contribution < 1.29 is 9.90 Å². The van der Waals surface area contributed by atoms with Crippen molar-refractivity contribution >= 4 is 33.8 Å². The molecule has 2 aromatic heterocycles. The average molecular weight is 308 g/mol. The molecule has 0 atom stereocenters. The number of carbonyl (C=O) groups is 1. The Bertz CT molecular complexity index is 603. The van der Waals surface area contributed by atoms with E-state index in [1.54, 1.807) is 11.3 Å². The Balaban J connectivity index is 1.72. The molecule has 0 unspecified atom stereocenters. The summed E-state index contributed by atoms with van der Waals surface area (Å²) in [6.45, 7) is 0.858. The minimum atomic E-state index is -0.845. The number of hydrogen-bond donors (Lipinski definition) is 1. The second-order valence-corrected chi connectivity index (χ2v) is 7.05. The fourth-order valence-electron chi connectivity index (χ4n) is 2.10. The lowest BCUT2D eigenvalue weighted by Gasteiger charge is -2.14. The molecule has 1 fully saturated rings. The molecule has 0 bridgehead atoms. The number of nitrogens with zero attached hydrogens (tertiary/aromatic N) is 2. The summed E-state index contributed by atoms with van der Waals surface area (Å²) in [4.78, 5) is 19.7. The normalized spacial score (nSPS) is 14.4. The summed E-state index contributed by atoms with van der Waals surface area (Å²) in [7, 11) is 1.98. The van der Waals surface area contributed by atoms with Crippen molar-refractivity contribution in [2.24, 2.45) is 0 Å². The minimum absolute atomic E-state index is 0.372. The van der Waals surface area contributed by atoms with Gasteiger partial charge < -0.3 is 10.0 Å². The molecule has 0 radical (unpaired) electrons. The molecule has 3 rings (SSSR count). The van der Waals surface area contributed by atoms with Crippen LogP contribution in [0.5, 0.6) is 0 Å². The number of anilines is 1. The molecule has 0 spiro atoms. The molecule has 0 saturated heterocycles. The lowest BCUT2D eigenvalue weighted by atomic mass is 10.2. The first-order chi connectivity index (χ1) is 9.65. The maximum absolute atomic E-state index is 11.3. The van der Waals surface area contributed by atoms with Crippen LogP contribution in [0.3, 0.4) is 0 Å². The Morgan fingerprint density at radius 1 is 1.55 bits per heavy atom. The van der Waals surface area contributed by atoms with Crippen molar-refractivity contribution in [3.05, 3.63) is 33.0 Å². The van der Waals surface area contributed by atoms with E-state index in [2.05, 4.69) is 27.4 Å². The van der Waals surface area contributed by atoms with Gasteiger partial charge in [-0.2, -0.15) is 0 Å². The summed E-state index contributed by atoms with van der Waals surface area (Å²) in [6.07, 6.45) is 3.11. The lowest BCUT2D eigenvalue weighted by molar-refractivity contribution is 0.0700. The third-order valence-corrected chi connectivity index (χ3v) is 5.51. The van der Waals surface area contributed by atoms with Crippen molar-refractivity contribution in [3.8, 4) is 0 Å². The van der Waals surface area contributed by atoms with Crippen LogP contribution in [0.2, 0.25) is 0 Å². The van der Waals surface area contributed by atoms with E-state index >= 15 is 0 Å². The third kappa shape index (κ3) is 2.86. The minimum Gasteiger partial charge on any atom is -0.477 e. The molecule has 1 saturated carbocycles. The summed E-state index contributed by atoms with van der Waals surface area (Å²) >= 11 is 3.05. The maximum atomic E-state index is 11.3. The zero-order chi connectivity index (χ0) is 14.1. The van der Waals surface area contributed by atoms with E-state index in [0.717, 1.165) is 36.6 Å². The molecule has 2 aromatic rings. The highest BCUT2D eigenvalue weighted by Crippen LogP contribution is 2.44. The van der Waals surface area contributed by atoms with Gasteiger partial charge in [-0.25, -0.2) is 9.78 Å². The van der Waals surface area contributed by atoms with Crippen molar-refractivity contribution in [2.45, 2.75) is 25.2 Å². The van der Waals surface area contributed by atoms with Crippen molar-refractivity contribution in [3.63, 3.8) is 0 Å². The standard InChI is InChI=1S/C14H16N2O2S2/c1-16(7-6-10-3-2-8-19-10)14-15-11(9-4-5-9)12(20-14)13(17)18/h2-3,8-9H,4-7H2,1H3,(H,17,18). The van der Waals surface area contributed by atoms with Gasteiger partial charge in [-0.15, -0.1) is 11.3 Å². The molecule has 1 N–H and O–H groups in total. The van der Waals surface area contributed by atoms with Gasteiger partial charge in [0.05, 0.1) is 5.69 Å². The van der Waals surface area contributed by atoms with Crippen LogP contribution in [-0.2, 0) is 6.42 Å². The van der Waals surface area contributed by atoms with Gasteiger partial charge >= 0.3 is 5.97 Å². The van der Waals surface area contributed by atoms with Crippen LogP contribution in [0.25, 0.3) is 0 Å². The largest absolute Gasteiger partial charge is 0.477 e. The molecule has 0 amide bonds. The molecule has 0 aliphatic heterocycles. The number of likely N-dealkylation sites (N-methyl/N-ethyl adjacent to an activating group) is 1. The summed E-state index contributed by atoms with van der Waals surface area (Å²) in [5, 5.41) is 12.2. The predicted octanol–water partition coefficient (Wildman–Crippen LogP) is 3.46. The Morgan fingerprint density at radius 2 is 2.35 bits per heavy atom. The van der Waals surface area contributed by atoms with Gasteiger partial charge in [-0.05, 0) is 30.7 Å². The Hall–Kier alpha value is -1.40. The van der Waals surface area contributed by atoms with Crippen LogP contribution in [0.15, 0.2) is 17.5 Å². The quantitative estimate of drug-likeness (QED) is 0.888. The highest BCUT2D eigenvalue weighted by molar-refractivity contribution is 7.17. The van der Waals surface area contributed by atoms with Crippen LogP contribution in [0.4, 0.5) is 5.13 Å². The first-order valence-corrected chi connectivity index (χ1v) is 8.32. The van der Waals surface area contributed by atoms with Crippen molar-refractivity contribution in [1.82, 2.24) is 4.98 Å². The second-order valence-electron chi connectivity index (χ2n) is 5.04. The van der Waals surface area contributed by atoms with Gasteiger partial charge in [0.25, 0.3) is 0 Å². The zero-order valence-corrected chi connectivity index (χ0v) is 12.8. The molecule has 106 valence electrons. The van der Waals surface area contributed by atoms with Crippen LogP contribution in [0, 0.1) is 0 Å². The number of thiophene rings is 1. The SMILES string of the molecule is CN(CCc1cccs1)c1nc(C2CC2)c(C(=O)O)s1. The number of thiazole rings is 1. The number of carboxylic acid groups (broad SMARTS) is 1. The van der Waals surface area contributed by atoms with Gasteiger partial charge in [0.2, 0.25) is 0 Å². The van der Waals surface area contributed by atoms with E-state index < -0.39 is 5.97 Å². The van der Waals surface area contributed by atoms with Crippen molar-refractivity contribution in [1.29, 1.82) is 0 Å². The van der Waals surface area contributed by atoms with Gasteiger partial charge in [-0.1, -0.05) is 17.4 Å². The molecule has 20 heavy (non-hydrogen) atoms. The maximum Gasteiger partial charge on any atom is 0.347 e. The number of rotatable bonds is 6. The van der Waals surface area contributed by atoms with Crippen molar-refractivity contribution in [2.75, 3.05) is 18.5 Å². The summed E-state index contributed by atoms with van der Waals surface area (Å²) < 4.78 is 0. The van der Waals surface area contributed by atoms with Crippen LogP contribution in [-0.4, -0.2) is 29.7 Å². The van der Waals surface area contributed by atoms with Gasteiger partial charge in [-0.3, -0.25) is 0 Å². The predicted molar refractivity (Wildman–Crippen MR) is 82.3 cm³/mol. The zero-order valence-electron chi connectivity index (χ0n) is 11.2. The molecule has 1 aliphatic carbocycles. The van der Waals surface area contributed by atoms with Crippen LogP contribution in [0.1, 0.15) is 39.0 Å². The van der Waals surface area contributed by atoms with E-state index in [0.29, 0.717) is 10.8 Å². The highest BCUT2D eigenvalue weighted by Gasteiger charge is 2.32. The average Bonchev–Trinajstić information content (AvgIpc) is 2.97. The summed E-state index contributed by atoms with van der Waals surface area (Å²) in [6, 6.07) is 4.18. The summed E-state index contributed by atoms with van der Waals surface area (Å²) in [5.74, 6) is -0.473. The molecule has 4 nitrogen and oxygen atoms in total. The smallest absolute Gasteiger partial charge is 0.347 e. The van der Waals surface area contributed by atoms with Gasteiger partial charge in [0.15, 0.2) is 5.13 Å². The van der Waals surface area contributed by atoms with E-state index in [1.807, 2.05) is 7.05 Å². The fourth-order valence-corrected chi connectivity index (χ4v) is 3.77. The molecular formula is C14H16N2O2S2. The Kier molecular flexibility index (Phi) is 3.76. The van der Waals surface area contributed by atoms with E-state index in [9.17, 15) is 9.90 Å². The van der Waals surface area contributed by atoms with E-state index in [4.69, 9.17) is 0 Å².